The van der Waals surface area contributed by atoms with E-state index in [1.165, 1.54) is 22.3 Å². The van der Waals surface area contributed by atoms with E-state index in [1.54, 1.807) is 20.2 Å². The third-order valence-electron chi connectivity index (χ3n) is 7.60. The Labute approximate surface area is 210 Å². The fraction of sp³-hybridized carbons (Fsp3) is 0.346. The fourth-order valence-electron chi connectivity index (χ4n) is 6.05. The molecular formula is C26H26N2O7S. The standard InChI is InChI=1S/C26H26N2O7S/c1-10-6-16(36-9-10)12-4-5-15(29)18-13(12)7-11-8-14-20(28(2)3)22(31)19(25(27)34)24(33)26(14,35)23(32)17(11)21(18)30/h4-6,9,11,14,20,29-30,33,35H,7-8H2,1-3H3,(H2,27,34). The minimum absolute atomic E-state index is 0.0598. The van der Waals surface area contributed by atoms with Crippen molar-refractivity contribution < 1.29 is 34.8 Å². The van der Waals surface area contributed by atoms with E-state index in [-0.39, 0.29) is 29.7 Å². The third-order valence-corrected chi connectivity index (χ3v) is 8.68. The first-order chi connectivity index (χ1) is 16.9. The maximum absolute atomic E-state index is 13.8. The molecule has 0 spiro atoms. The summed E-state index contributed by atoms with van der Waals surface area (Å²) in [5.41, 5.74) is 4.34. The number of nitrogens with two attached hydrogens (primary N) is 1. The van der Waals surface area contributed by atoms with Gasteiger partial charge in [0.2, 0.25) is 5.78 Å². The van der Waals surface area contributed by atoms with Crippen molar-refractivity contribution in [1.29, 1.82) is 0 Å². The molecule has 2 aromatic rings. The van der Waals surface area contributed by atoms with E-state index in [2.05, 4.69) is 0 Å². The van der Waals surface area contributed by atoms with Crippen LogP contribution >= 0.6 is 11.3 Å². The molecule has 0 aliphatic heterocycles. The second-order valence-electron chi connectivity index (χ2n) is 9.94. The number of Topliss-reactive ketones (excluding diaryl/α,β-unsaturated/α-hetero) is 2. The molecule has 3 aliphatic carbocycles. The molecule has 188 valence electrons. The van der Waals surface area contributed by atoms with Gasteiger partial charge in [0.1, 0.15) is 22.8 Å². The predicted octanol–water partition coefficient (Wildman–Crippen LogP) is 2.00. The van der Waals surface area contributed by atoms with E-state index in [0.717, 1.165) is 16.0 Å². The number of benzene rings is 1. The molecule has 3 aliphatic rings. The van der Waals surface area contributed by atoms with E-state index in [9.17, 15) is 34.8 Å². The summed E-state index contributed by atoms with van der Waals surface area (Å²) in [6.07, 6.45) is 0.319. The number of aliphatic hydroxyl groups is 3. The lowest BCUT2D eigenvalue weighted by Gasteiger charge is -2.50. The fourth-order valence-corrected chi connectivity index (χ4v) is 7.00. The van der Waals surface area contributed by atoms with Crippen LogP contribution in [0.4, 0.5) is 0 Å². The molecule has 36 heavy (non-hydrogen) atoms. The van der Waals surface area contributed by atoms with Crippen LogP contribution in [0.2, 0.25) is 0 Å². The molecular weight excluding hydrogens is 484 g/mol. The number of phenols is 1. The lowest BCUT2D eigenvalue weighted by atomic mass is 9.57. The van der Waals surface area contributed by atoms with Crippen molar-refractivity contribution in [3.63, 3.8) is 0 Å². The van der Waals surface area contributed by atoms with E-state index in [1.807, 2.05) is 18.4 Å². The minimum Gasteiger partial charge on any atom is -0.508 e. The summed E-state index contributed by atoms with van der Waals surface area (Å²) in [5, 5.41) is 46.5. The summed E-state index contributed by atoms with van der Waals surface area (Å²) in [5.74, 6) is -6.55. The molecule has 4 atom stereocenters. The van der Waals surface area contributed by atoms with E-state index in [0.29, 0.717) is 5.56 Å². The second kappa shape index (κ2) is 8.02. The summed E-state index contributed by atoms with van der Waals surface area (Å²) < 4.78 is 0. The molecule has 9 nitrogen and oxygen atoms in total. The molecule has 0 saturated heterocycles. The van der Waals surface area contributed by atoms with Gasteiger partial charge >= 0.3 is 0 Å². The monoisotopic (exact) mass is 510 g/mol. The molecule has 0 radical (unpaired) electrons. The Morgan fingerprint density at radius 3 is 2.47 bits per heavy atom. The highest BCUT2D eigenvalue weighted by molar-refractivity contribution is 7.13. The topological polar surface area (TPSA) is 161 Å². The number of aromatic hydroxyl groups is 1. The van der Waals surface area contributed by atoms with Crippen LogP contribution in [0, 0.1) is 18.8 Å². The summed E-state index contributed by atoms with van der Waals surface area (Å²) in [6, 6.07) is 4.09. The lowest BCUT2D eigenvalue weighted by Crippen LogP contribution is -2.65. The summed E-state index contributed by atoms with van der Waals surface area (Å²) in [4.78, 5) is 41.5. The van der Waals surface area contributed by atoms with Crippen LogP contribution in [0.5, 0.6) is 5.75 Å². The van der Waals surface area contributed by atoms with Gasteiger partial charge in [-0.3, -0.25) is 19.3 Å². The predicted molar refractivity (Wildman–Crippen MR) is 132 cm³/mol. The van der Waals surface area contributed by atoms with Crippen LogP contribution in [0.25, 0.3) is 16.2 Å². The van der Waals surface area contributed by atoms with Crippen LogP contribution in [0.15, 0.2) is 40.5 Å². The molecule has 1 saturated carbocycles. The second-order valence-corrected chi connectivity index (χ2v) is 10.8. The summed E-state index contributed by atoms with van der Waals surface area (Å²) in [7, 11) is 3.14. The van der Waals surface area contributed by atoms with Crippen LogP contribution < -0.4 is 5.73 Å². The van der Waals surface area contributed by atoms with Crippen molar-refractivity contribution in [3.8, 4) is 16.2 Å². The lowest BCUT2D eigenvalue weighted by molar-refractivity contribution is -0.153. The van der Waals surface area contributed by atoms with Gasteiger partial charge in [-0.15, -0.1) is 11.3 Å². The van der Waals surface area contributed by atoms with Crippen molar-refractivity contribution in [2.45, 2.75) is 31.4 Å². The number of amides is 1. The number of rotatable bonds is 3. The van der Waals surface area contributed by atoms with Crippen LogP contribution in [-0.4, -0.2) is 68.5 Å². The summed E-state index contributed by atoms with van der Waals surface area (Å²) in [6.45, 7) is 1.96. The third kappa shape index (κ3) is 3.11. The number of fused-ring (bicyclic) bond motifs is 3. The number of aliphatic hydroxyl groups excluding tert-OH is 2. The van der Waals surface area contributed by atoms with Crippen molar-refractivity contribution in [2.75, 3.05) is 14.1 Å². The molecule has 1 fully saturated rings. The number of phenolic OH excluding ortho intramolecular Hbond substituents is 1. The molecule has 4 unspecified atom stereocenters. The molecule has 5 rings (SSSR count). The van der Waals surface area contributed by atoms with Gasteiger partial charge in [-0.1, -0.05) is 0 Å². The Bertz CT molecular complexity index is 1420. The number of thiophene rings is 1. The quantitative estimate of drug-likeness (QED) is 0.392. The highest BCUT2D eigenvalue weighted by atomic mass is 32.1. The van der Waals surface area contributed by atoms with Crippen LogP contribution in [-0.2, 0) is 20.8 Å². The van der Waals surface area contributed by atoms with Crippen molar-refractivity contribution in [2.24, 2.45) is 17.6 Å². The number of hydrogen-bond donors (Lipinski definition) is 5. The number of hydrogen-bond acceptors (Lipinski definition) is 9. The Balaban J connectivity index is 1.75. The number of carbonyl (C=O) groups excluding carboxylic acids is 3. The minimum atomic E-state index is -2.64. The zero-order valence-electron chi connectivity index (χ0n) is 19.9. The first kappa shape index (κ1) is 24.2. The van der Waals surface area contributed by atoms with Gasteiger partial charge in [-0.2, -0.15) is 0 Å². The Hall–Kier alpha value is -3.47. The first-order valence-electron chi connectivity index (χ1n) is 11.4. The molecule has 1 amide bonds. The Morgan fingerprint density at radius 1 is 1.19 bits per heavy atom. The van der Waals surface area contributed by atoms with Crippen molar-refractivity contribution in [1.82, 2.24) is 4.90 Å². The SMILES string of the molecule is Cc1csc(-c2ccc(O)c3c2CC2CC4C(N(C)C)C(=O)C(C(N)=O)=C(O)C4(O)C(=O)C2=C3O)c1. The van der Waals surface area contributed by atoms with Gasteiger partial charge in [0.25, 0.3) is 5.91 Å². The molecule has 1 aromatic carbocycles. The average molecular weight is 511 g/mol. The van der Waals surface area contributed by atoms with E-state index in [4.69, 9.17) is 5.73 Å². The number of aryl methyl sites for hydroxylation is 1. The van der Waals surface area contributed by atoms with Gasteiger partial charge in [-0.05, 0) is 80.0 Å². The zero-order valence-corrected chi connectivity index (χ0v) is 20.7. The van der Waals surface area contributed by atoms with Gasteiger partial charge in [0, 0.05) is 16.4 Å². The molecule has 10 heteroatoms. The Kier molecular flexibility index (Phi) is 5.40. The Morgan fingerprint density at radius 2 is 1.89 bits per heavy atom. The number of ketones is 2. The van der Waals surface area contributed by atoms with Crippen LogP contribution in [0.1, 0.15) is 23.1 Å². The number of carbonyl (C=O) groups is 3. The van der Waals surface area contributed by atoms with Gasteiger partial charge in [0.05, 0.1) is 11.6 Å². The van der Waals surface area contributed by atoms with E-state index >= 15 is 0 Å². The van der Waals surface area contributed by atoms with Crippen molar-refractivity contribution >= 4 is 34.6 Å². The molecule has 1 heterocycles. The smallest absolute Gasteiger partial charge is 0.255 e. The largest absolute Gasteiger partial charge is 0.508 e. The number of primary amides is 1. The highest BCUT2D eigenvalue weighted by Crippen LogP contribution is 2.53. The number of nitrogens with zero attached hydrogens (tertiary/aromatic N) is 1. The molecule has 1 aromatic heterocycles. The molecule has 0 bridgehead atoms. The van der Waals surface area contributed by atoms with Crippen LogP contribution in [0.3, 0.4) is 0 Å². The van der Waals surface area contributed by atoms with Gasteiger partial charge in [0.15, 0.2) is 11.4 Å². The zero-order chi connectivity index (χ0) is 26.3. The van der Waals surface area contributed by atoms with Gasteiger partial charge < -0.3 is 26.2 Å². The molecule has 6 N–H and O–H groups in total. The van der Waals surface area contributed by atoms with E-state index < -0.39 is 58.0 Å². The van der Waals surface area contributed by atoms with Gasteiger partial charge in [-0.25, -0.2) is 0 Å². The maximum Gasteiger partial charge on any atom is 0.255 e. The average Bonchev–Trinajstić information content (AvgIpc) is 3.22. The first-order valence-corrected chi connectivity index (χ1v) is 12.3. The summed E-state index contributed by atoms with van der Waals surface area (Å²) >= 11 is 1.52. The van der Waals surface area contributed by atoms with Crippen molar-refractivity contribution in [3.05, 3.63) is 57.2 Å². The maximum atomic E-state index is 13.8. The normalized spacial score (nSPS) is 27.8. The highest BCUT2D eigenvalue weighted by Gasteiger charge is 2.64. The number of likely N-dealkylation sites (N-methyl/N-ethyl adjacent to an activating group) is 1.